The van der Waals surface area contributed by atoms with E-state index in [2.05, 4.69) is 34.2 Å². The normalized spacial score (nSPS) is 10.7. The van der Waals surface area contributed by atoms with Crippen molar-refractivity contribution in [2.24, 2.45) is 0 Å². The predicted octanol–water partition coefficient (Wildman–Crippen LogP) is 4.74. The smallest absolute Gasteiger partial charge is 0.155 e. The Kier molecular flexibility index (Phi) is 3.09. The van der Waals surface area contributed by atoms with Gasteiger partial charge in [0, 0.05) is 17.3 Å². The van der Waals surface area contributed by atoms with E-state index in [1.807, 2.05) is 54.7 Å². The summed E-state index contributed by atoms with van der Waals surface area (Å²) in [5, 5.41) is 0. The number of nitrogens with zero attached hydrogens (tertiary/aromatic N) is 1. The fraction of sp³-hybridized carbons (Fsp3) is 0. The highest BCUT2D eigenvalue weighted by Crippen LogP contribution is 2.32. The molecule has 2 heterocycles. The third-order valence-electron chi connectivity index (χ3n) is 3.67. The molecule has 0 radical (unpaired) electrons. The van der Waals surface area contributed by atoms with Gasteiger partial charge in [0.25, 0.3) is 0 Å². The minimum absolute atomic E-state index is 0.850. The van der Waals surface area contributed by atoms with Crippen molar-refractivity contribution in [2.75, 3.05) is 0 Å². The summed E-state index contributed by atoms with van der Waals surface area (Å²) in [5.74, 6) is 0.850. The second kappa shape index (κ2) is 5.37. The quantitative estimate of drug-likeness (QED) is 0.561. The Morgan fingerprint density at radius 3 is 2.00 bits per heavy atom. The van der Waals surface area contributed by atoms with Crippen molar-refractivity contribution in [3.8, 4) is 34.0 Å². The van der Waals surface area contributed by atoms with Crippen molar-refractivity contribution in [3.05, 3.63) is 79.0 Å². The minimum atomic E-state index is 0.850. The SMILES string of the molecule is c1ccc(-c2nc(-c3ccc[nH]3)[nH]c2-c2ccccc2)cc1. The summed E-state index contributed by atoms with van der Waals surface area (Å²) in [6.45, 7) is 0. The molecule has 4 aromatic rings. The number of hydrogen-bond acceptors (Lipinski definition) is 1. The van der Waals surface area contributed by atoms with Crippen LogP contribution in [0.2, 0.25) is 0 Å². The number of hydrogen-bond donors (Lipinski definition) is 2. The van der Waals surface area contributed by atoms with Crippen molar-refractivity contribution in [3.63, 3.8) is 0 Å². The van der Waals surface area contributed by atoms with Gasteiger partial charge in [0.05, 0.1) is 17.1 Å². The Morgan fingerprint density at radius 2 is 1.36 bits per heavy atom. The molecule has 0 unspecified atom stereocenters. The van der Waals surface area contributed by atoms with Gasteiger partial charge in [0.1, 0.15) is 0 Å². The Balaban J connectivity index is 1.92. The van der Waals surface area contributed by atoms with Crippen LogP contribution in [-0.2, 0) is 0 Å². The van der Waals surface area contributed by atoms with Crippen LogP contribution in [0.4, 0.5) is 0 Å². The van der Waals surface area contributed by atoms with Crippen LogP contribution in [-0.4, -0.2) is 15.0 Å². The summed E-state index contributed by atoms with van der Waals surface area (Å²) in [4.78, 5) is 11.5. The van der Waals surface area contributed by atoms with Gasteiger partial charge >= 0.3 is 0 Å². The zero-order valence-electron chi connectivity index (χ0n) is 12.0. The molecule has 2 aromatic carbocycles. The van der Waals surface area contributed by atoms with Crippen molar-refractivity contribution < 1.29 is 0 Å². The van der Waals surface area contributed by atoms with Crippen LogP contribution in [0.15, 0.2) is 79.0 Å². The lowest BCUT2D eigenvalue weighted by Gasteiger charge is -2.02. The largest absolute Gasteiger partial charge is 0.359 e. The first-order valence-corrected chi connectivity index (χ1v) is 7.26. The first kappa shape index (κ1) is 12.7. The lowest BCUT2D eigenvalue weighted by Crippen LogP contribution is -1.82. The molecule has 2 N–H and O–H groups in total. The lowest BCUT2D eigenvalue weighted by molar-refractivity contribution is 1.26. The second-order valence-corrected chi connectivity index (χ2v) is 5.12. The maximum Gasteiger partial charge on any atom is 0.155 e. The molecule has 0 spiro atoms. The van der Waals surface area contributed by atoms with Gasteiger partial charge in [-0.3, -0.25) is 0 Å². The zero-order chi connectivity index (χ0) is 14.8. The van der Waals surface area contributed by atoms with Crippen LogP contribution >= 0.6 is 0 Å². The summed E-state index contributed by atoms with van der Waals surface area (Å²) in [6.07, 6.45) is 1.90. The van der Waals surface area contributed by atoms with Crippen LogP contribution in [0.5, 0.6) is 0 Å². The molecule has 3 nitrogen and oxygen atoms in total. The highest BCUT2D eigenvalue weighted by atomic mass is 15.0. The molecular weight excluding hydrogens is 270 g/mol. The average Bonchev–Trinajstić information content (AvgIpc) is 3.26. The first-order chi connectivity index (χ1) is 10.9. The fourth-order valence-corrected chi connectivity index (χ4v) is 2.60. The predicted molar refractivity (Wildman–Crippen MR) is 89.2 cm³/mol. The summed E-state index contributed by atoms with van der Waals surface area (Å²) in [6, 6.07) is 24.5. The lowest BCUT2D eigenvalue weighted by atomic mass is 10.1. The molecule has 106 valence electrons. The molecule has 2 aromatic heterocycles. The topological polar surface area (TPSA) is 44.5 Å². The van der Waals surface area contributed by atoms with E-state index in [0.29, 0.717) is 0 Å². The maximum absolute atomic E-state index is 4.81. The summed E-state index contributed by atoms with van der Waals surface area (Å²) in [5.41, 5.74) is 5.23. The van der Waals surface area contributed by atoms with E-state index in [4.69, 9.17) is 4.98 Å². The van der Waals surface area contributed by atoms with Crippen molar-refractivity contribution in [1.29, 1.82) is 0 Å². The monoisotopic (exact) mass is 285 g/mol. The Hall–Kier alpha value is -3.07. The molecule has 0 aliphatic carbocycles. The molecule has 0 bridgehead atoms. The molecule has 0 fully saturated rings. The van der Waals surface area contributed by atoms with Crippen molar-refractivity contribution in [1.82, 2.24) is 15.0 Å². The van der Waals surface area contributed by atoms with E-state index >= 15 is 0 Å². The van der Waals surface area contributed by atoms with Crippen LogP contribution in [0, 0.1) is 0 Å². The minimum Gasteiger partial charge on any atom is -0.359 e. The van der Waals surface area contributed by atoms with Crippen molar-refractivity contribution in [2.45, 2.75) is 0 Å². The Morgan fingerprint density at radius 1 is 0.682 bits per heavy atom. The first-order valence-electron chi connectivity index (χ1n) is 7.26. The van der Waals surface area contributed by atoms with Gasteiger partial charge in [-0.2, -0.15) is 0 Å². The molecule has 22 heavy (non-hydrogen) atoms. The third kappa shape index (κ3) is 2.23. The van der Waals surface area contributed by atoms with Gasteiger partial charge in [-0.25, -0.2) is 4.98 Å². The second-order valence-electron chi connectivity index (χ2n) is 5.12. The fourth-order valence-electron chi connectivity index (χ4n) is 2.60. The zero-order valence-corrected chi connectivity index (χ0v) is 12.0. The molecule has 4 rings (SSSR count). The molecule has 0 aliphatic heterocycles. The van der Waals surface area contributed by atoms with E-state index in [1.165, 1.54) is 0 Å². The third-order valence-corrected chi connectivity index (χ3v) is 3.67. The molecular formula is C19H15N3. The van der Waals surface area contributed by atoms with E-state index in [1.54, 1.807) is 0 Å². The van der Waals surface area contributed by atoms with E-state index < -0.39 is 0 Å². The van der Waals surface area contributed by atoms with Gasteiger partial charge in [0.15, 0.2) is 5.82 Å². The number of aromatic amines is 2. The number of imidazole rings is 1. The van der Waals surface area contributed by atoms with Gasteiger partial charge in [0.2, 0.25) is 0 Å². The van der Waals surface area contributed by atoms with Gasteiger partial charge < -0.3 is 9.97 Å². The molecule has 0 amide bonds. The average molecular weight is 285 g/mol. The highest BCUT2D eigenvalue weighted by molar-refractivity contribution is 5.80. The molecule has 0 saturated carbocycles. The summed E-state index contributed by atoms with van der Waals surface area (Å²) < 4.78 is 0. The maximum atomic E-state index is 4.81. The van der Waals surface area contributed by atoms with Crippen LogP contribution in [0.3, 0.4) is 0 Å². The van der Waals surface area contributed by atoms with E-state index in [-0.39, 0.29) is 0 Å². The highest BCUT2D eigenvalue weighted by Gasteiger charge is 2.15. The molecule has 0 saturated heterocycles. The molecule has 0 atom stereocenters. The van der Waals surface area contributed by atoms with Crippen molar-refractivity contribution >= 4 is 0 Å². The van der Waals surface area contributed by atoms with Gasteiger partial charge in [-0.1, -0.05) is 60.7 Å². The van der Waals surface area contributed by atoms with E-state index in [9.17, 15) is 0 Å². The number of H-pyrrole nitrogens is 2. The Bertz CT molecular complexity index is 803. The summed E-state index contributed by atoms with van der Waals surface area (Å²) in [7, 11) is 0. The Labute approximate surface area is 128 Å². The molecule has 3 heteroatoms. The van der Waals surface area contributed by atoms with Gasteiger partial charge in [-0.05, 0) is 12.1 Å². The van der Waals surface area contributed by atoms with E-state index in [0.717, 1.165) is 34.0 Å². The number of benzene rings is 2. The standard InChI is InChI=1S/C19H15N3/c1-3-8-14(9-4-1)17-18(15-10-5-2-6-11-15)22-19(21-17)16-12-7-13-20-16/h1-13,20H,(H,21,22). The summed E-state index contributed by atoms with van der Waals surface area (Å²) >= 11 is 0. The number of aromatic nitrogens is 3. The van der Waals surface area contributed by atoms with Gasteiger partial charge in [-0.15, -0.1) is 0 Å². The molecule has 0 aliphatic rings. The number of rotatable bonds is 3. The number of nitrogens with one attached hydrogen (secondary N) is 2. The van der Waals surface area contributed by atoms with Crippen LogP contribution in [0.1, 0.15) is 0 Å². The van der Waals surface area contributed by atoms with Crippen LogP contribution < -0.4 is 0 Å². The van der Waals surface area contributed by atoms with Crippen LogP contribution in [0.25, 0.3) is 34.0 Å².